The normalized spacial score (nSPS) is 14.6. The van der Waals surface area contributed by atoms with Crippen LogP contribution in [0, 0.1) is 13.8 Å². The number of amides is 1. The molecule has 6 nitrogen and oxygen atoms in total. The number of aryl methyl sites for hydroxylation is 2. The summed E-state index contributed by atoms with van der Waals surface area (Å²) in [4.78, 5) is 18.1. The quantitative estimate of drug-likeness (QED) is 0.790. The monoisotopic (exact) mass is 363 g/mol. The fourth-order valence-corrected chi connectivity index (χ4v) is 4.30. The molecule has 1 amide bonds. The summed E-state index contributed by atoms with van der Waals surface area (Å²) in [5, 5.41) is 6.05. The molecule has 0 aliphatic carbocycles. The summed E-state index contributed by atoms with van der Waals surface area (Å²) in [5.74, 6) is 0.985. The fourth-order valence-electron chi connectivity index (χ4n) is 3.18. The molecule has 0 unspecified atom stereocenters. The Morgan fingerprint density at radius 2 is 2.28 bits per heavy atom. The lowest BCUT2D eigenvalue weighted by Crippen LogP contribution is -2.33. The summed E-state index contributed by atoms with van der Waals surface area (Å²) in [6.07, 6.45) is 0.904. The van der Waals surface area contributed by atoms with Gasteiger partial charge in [-0.3, -0.25) is 9.69 Å². The summed E-state index contributed by atoms with van der Waals surface area (Å²) in [6, 6.07) is 0. The van der Waals surface area contributed by atoms with Crippen LogP contribution in [0.3, 0.4) is 0 Å². The largest absolute Gasteiger partial charge is 0.383 e. The van der Waals surface area contributed by atoms with Gasteiger partial charge in [-0.25, -0.2) is 0 Å². The third kappa shape index (κ3) is 3.78. The number of ether oxygens (including phenoxy) is 1. The van der Waals surface area contributed by atoms with Crippen molar-refractivity contribution in [3.8, 4) is 0 Å². The Balaban J connectivity index is 1.69. The van der Waals surface area contributed by atoms with Crippen molar-refractivity contribution in [3.05, 3.63) is 38.4 Å². The van der Waals surface area contributed by atoms with Gasteiger partial charge < -0.3 is 14.2 Å². The van der Waals surface area contributed by atoms with Crippen LogP contribution in [-0.2, 0) is 24.2 Å². The Morgan fingerprint density at radius 3 is 2.96 bits per heavy atom. The first-order valence-electron chi connectivity index (χ1n) is 8.49. The van der Waals surface area contributed by atoms with Crippen LogP contribution in [0.2, 0.25) is 0 Å². The number of aromatic nitrogens is 1. The van der Waals surface area contributed by atoms with Crippen LogP contribution >= 0.6 is 11.3 Å². The first-order chi connectivity index (χ1) is 12.0. The van der Waals surface area contributed by atoms with Crippen molar-refractivity contribution >= 4 is 17.2 Å². The highest BCUT2D eigenvalue weighted by molar-refractivity contribution is 7.10. The molecule has 0 aromatic carbocycles. The van der Waals surface area contributed by atoms with Gasteiger partial charge in [0.1, 0.15) is 5.76 Å². The molecule has 136 valence electrons. The van der Waals surface area contributed by atoms with Crippen molar-refractivity contribution in [3.63, 3.8) is 0 Å². The van der Waals surface area contributed by atoms with E-state index < -0.39 is 0 Å². The van der Waals surface area contributed by atoms with E-state index in [0.29, 0.717) is 13.2 Å². The Labute approximate surface area is 152 Å². The molecule has 1 aliphatic heterocycles. The van der Waals surface area contributed by atoms with Crippen LogP contribution in [0.1, 0.15) is 37.8 Å². The molecule has 3 rings (SSSR count). The maximum absolute atomic E-state index is 12.7. The fraction of sp³-hybridized carbons (Fsp3) is 0.556. The van der Waals surface area contributed by atoms with Crippen molar-refractivity contribution in [1.29, 1.82) is 0 Å². The van der Waals surface area contributed by atoms with Crippen molar-refractivity contribution in [1.82, 2.24) is 15.0 Å². The predicted octanol–water partition coefficient (Wildman–Crippen LogP) is 2.63. The van der Waals surface area contributed by atoms with E-state index in [4.69, 9.17) is 9.26 Å². The molecule has 0 saturated heterocycles. The topological polar surface area (TPSA) is 58.8 Å². The molecule has 0 N–H and O–H groups in total. The van der Waals surface area contributed by atoms with E-state index in [1.54, 1.807) is 23.3 Å². The number of carbonyl (C=O) groups is 1. The van der Waals surface area contributed by atoms with Crippen molar-refractivity contribution in [2.75, 3.05) is 33.9 Å². The smallest absolute Gasteiger partial charge is 0.254 e. The number of nitrogens with zero attached hydrogens (tertiary/aromatic N) is 3. The van der Waals surface area contributed by atoms with Gasteiger partial charge in [-0.15, -0.1) is 11.3 Å². The van der Waals surface area contributed by atoms with Crippen LogP contribution < -0.4 is 0 Å². The highest BCUT2D eigenvalue weighted by Crippen LogP contribution is 2.30. The minimum atomic E-state index is 0.0914. The Bertz CT molecular complexity index is 733. The van der Waals surface area contributed by atoms with E-state index >= 15 is 0 Å². The summed E-state index contributed by atoms with van der Waals surface area (Å²) in [6.45, 7) is 7.77. The second-order valence-electron chi connectivity index (χ2n) is 6.53. The highest BCUT2D eigenvalue weighted by Gasteiger charge is 2.26. The van der Waals surface area contributed by atoms with Gasteiger partial charge in [-0.05, 0) is 25.8 Å². The average Bonchev–Trinajstić information content (AvgIpc) is 3.17. The molecule has 2 aromatic heterocycles. The molecule has 0 fully saturated rings. The molecule has 1 aliphatic rings. The second kappa shape index (κ2) is 7.68. The van der Waals surface area contributed by atoms with E-state index in [-0.39, 0.29) is 5.91 Å². The standard InChI is InChI=1S/C18H25N3O3S/c1-12-15(13(2)24-19-12)9-21-6-5-14-16(11-25-17(14)10-21)18(22)20(3)7-8-23-4/h11H,5-10H2,1-4H3. The van der Waals surface area contributed by atoms with E-state index in [1.165, 1.54) is 16.0 Å². The van der Waals surface area contributed by atoms with E-state index in [2.05, 4.69) is 10.1 Å². The minimum absolute atomic E-state index is 0.0914. The number of hydrogen-bond donors (Lipinski definition) is 0. The molecule has 0 atom stereocenters. The van der Waals surface area contributed by atoms with Gasteiger partial charge in [-0.2, -0.15) is 0 Å². The molecule has 3 heterocycles. The number of fused-ring (bicyclic) bond motifs is 1. The lowest BCUT2D eigenvalue weighted by Gasteiger charge is -2.27. The Morgan fingerprint density at radius 1 is 1.48 bits per heavy atom. The molecule has 25 heavy (non-hydrogen) atoms. The summed E-state index contributed by atoms with van der Waals surface area (Å²) < 4.78 is 10.3. The lowest BCUT2D eigenvalue weighted by atomic mass is 10.0. The van der Waals surface area contributed by atoms with Gasteiger partial charge in [0.15, 0.2) is 0 Å². The number of methoxy groups -OCH3 is 1. The Hall–Kier alpha value is -1.70. The Kier molecular flexibility index (Phi) is 5.56. The van der Waals surface area contributed by atoms with Crippen LogP contribution in [0.25, 0.3) is 0 Å². The highest BCUT2D eigenvalue weighted by atomic mass is 32.1. The molecular formula is C18H25N3O3S. The van der Waals surface area contributed by atoms with Gasteiger partial charge in [0.05, 0.1) is 17.9 Å². The first kappa shape index (κ1) is 18.1. The molecule has 0 bridgehead atoms. The van der Waals surface area contributed by atoms with Gasteiger partial charge in [-0.1, -0.05) is 5.16 Å². The summed E-state index contributed by atoms with van der Waals surface area (Å²) >= 11 is 1.69. The van der Waals surface area contributed by atoms with Crippen molar-refractivity contribution in [2.45, 2.75) is 33.4 Å². The zero-order chi connectivity index (χ0) is 18.0. The maximum atomic E-state index is 12.7. The lowest BCUT2D eigenvalue weighted by molar-refractivity contribution is 0.0743. The van der Waals surface area contributed by atoms with Crippen LogP contribution in [0.4, 0.5) is 0 Å². The van der Waals surface area contributed by atoms with Crippen LogP contribution in [-0.4, -0.2) is 54.7 Å². The molecule has 7 heteroatoms. The van der Waals surface area contributed by atoms with E-state index in [0.717, 1.165) is 43.1 Å². The third-order valence-electron chi connectivity index (χ3n) is 4.80. The average molecular weight is 363 g/mol. The zero-order valence-electron chi connectivity index (χ0n) is 15.3. The SMILES string of the molecule is COCCN(C)C(=O)c1csc2c1CCN(Cc1c(C)noc1C)C2. The molecule has 0 spiro atoms. The van der Waals surface area contributed by atoms with Gasteiger partial charge in [0, 0.05) is 56.2 Å². The molecule has 2 aromatic rings. The zero-order valence-corrected chi connectivity index (χ0v) is 16.1. The van der Waals surface area contributed by atoms with Gasteiger partial charge >= 0.3 is 0 Å². The first-order valence-corrected chi connectivity index (χ1v) is 9.37. The summed E-state index contributed by atoms with van der Waals surface area (Å²) in [7, 11) is 3.48. The number of thiophene rings is 1. The van der Waals surface area contributed by atoms with E-state index in [9.17, 15) is 4.79 Å². The summed E-state index contributed by atoms with van der Waals surface area (Å²) in [5.41, 5.74) is 4.21. The molecular weight excluding hydrogens is 338 g/mol. The number of hydrogen-bond acceptors (Lipinski definition) is 6. The third-order valence-corrected chi connectivity index (χ3v) is 5.81. The minimum Gasteiger partial charge on any atom is -0.383 e. The second-order valence-corrected chi connectivity index (χ2v) is 7.50. The van der Waals surface area contributed by atoms with Crippen LogP contribution in [0.5, 0.6) is 0 Å². The maximum Gasteiger partial charge on any atom is 0.254 e. The molecule has 0 saturated carbocycles. The number of rotatable bonds is 6. The van der Waals surface area contributed by atoms with Crippen molar-refractivity contribution < 1.29 is 14.1 Å². The van der Waals surface area contributed by atoms with E-state index in [1.807, 2.05) is 26.3 Å². The van der Waals surface area contributed by atoms with Crippen molar-refractivity contribution in [2.24, 2.45) is 0 Å². The van der Waals surface area contributed by atoms with Crippen LogP contribution in [0.15, 0.2) is 9.90 Å². The molecule has 0 radical (unpaired) electrons. The van der Waals surface area contributed by atoms with Gasteiger partial charge in [0.25, 0.3) is 5.91 Å². The number of carbonyl (C=O) groups excluding carboxylic acids is 1. The van der Waals surface area contributed by atoms with Gasteiger partial charge in [0.2, 0.25) is 0 Å². The number of likely N-dealkylation sites (N-methyl/N-ethyl adjacent to an activating group) is 1. The predicted molar refractivity (Wildman–Crippen MR) is 97.0 cm³/mol.